The van der Waals surface area contributed by atoms with Crippen LogP contribution in [-0.2, 0) is 14.8 Å². The Kier molecular flexibility index (Phi) is 4.86. The van der Waals surface area contributed by atoms with Gasteiger partial charge in [0.15, 0.2) is 0 Å². The number of ether oxygens (including phenoxy) is 1. The first-order valence-electron chi connectivity index (χ1n) is 10.2. The van der Waals surface area contributed by atoms with Crippen molar-refractivity contribution in [3.63, 3.8) is 0 Å². The molecule has 2 atom stereocenters. The first kappa shape index (κ1) is 20.2. The van der Waals surface area contributed by atoms with E-state index in [1.807, 2.05) is 4.90 Å². The molecule has 5 nitrogen and oxygen atoms in total. The number of hydrogen-bond acceptors (Lipinski definition) is 4. The number of halogens is 2. The van der Waals surface area contributed by atoms with Crippen molar-refractivity contribution >= 4 is 15.7 Å². The maximum absolute atomic E-state index is 14.5. The van der Waals surface area contributed by atoms with Gasteiger partial charge in [0.2, 0.25) is 0 Å². The average Bonchev–Trinajstić information content (AvgIpc) is 3.42. The van der Waals surface area contributed by atoms with Crippen LogP contribution < -0.4 is 4.90 Å². The molecule has 0 amide bonds. The topological polar surface area (TPSA) is 51.5 Å². The van der Waals surface area contributed by atoms with E-state index in [0.717, 1.165) is 10.0 Å². The number of benzene rings is 2. The molecule has 3 aromatic rings. The van der Waals surface area contributed by atoms with E-state index in [9.17, 15) is 17.2 Å². The van der Waals surface area contributed by atoms with E-state index in [0.29, 0.717) is 49.4 Å². The Morgan fingerprint density at radius 3 is 2.42 bits per heavy atom. The summed E-state index contributed by atoms with van der Waals surface area (Å²) in [4.78, 5) is 1.85. The second-order valence-corrected chi connectivity index (χ2v) is 10.1. The Balaban J connectivity index is 1.57. The highest BCUT2D eigenvalue weighted by Gasteiger charge is 2.37. The van der Waals surface area contributed by atoms with Crippen LogP contribution in [-0.4, -0.2) is 38.7 Å². The molecule has 2 aliphatic heterocycles. The van der Waals surface area contributed by atoms with Gasteiger partial charge >= 0.3 is 0 Å². The maximum Gasteiger partial charge on any atom is 0.268 e. The standard InChI is InChI=1S/C23H22F2N2O3S/c1-15-6-23(21-4-2-3-5-22(21)25)27(10-15)31(28,29)20-8-18(24)7-19(9-20)26-11-16-13-30-14-17(16)12-26/h2-10,16-17H,11-14H2,1H3. The van der Waals surface area contributed by atoms with Gasteiger partial charge in [-0.1, -0.05) is 12.1 Å². The zero-order valence-corrected chi connectivity index (χ0v) is 17.8. The second kappa shape index (κ2) is 7.46. The van der Waals surface area contributed by atoms with Gasteiger partial charge in [0, 0.05) is 42.4 Å². The van der Waals surface area contributed by atoms with E-state index < -0.39 is 21.7 Å². The minimum absolute atomic E-state index is 0.163. The van der Waals surface area contributed by atoms with Crippen molar-refractivity contribution in [2.75, 3.05) is 31.2 Å². The summed E-state index contributed by atoms with van der Waals surface area (Å²) >= 11 is 0. The predicted molar refractivity (Wildman–Crippen MR) is 114 cm³/mol. The van der Waals surface area contributed by atoms with Gasteiger partial charge in [0.25, 0.3) is 10.0 Å². The van der Waals surface area contributed by atoms with Crippen LogP contribution in [0, 0.1) is 30.4 Å². The fourth-order valence-corrected chi connectivity index (χ4v) is 6.00. The third-order valence-electron chi connectivity index (χ3n) is 6.09. The van der Waals surface area contributed by atoms with Crippen molar-refractivity contribution in [2.24, 2.45) is 11.8 Å². The van der Waals surface area contributed by atoms with Crippen molar-refractivity contribution in [1.82, 2.24) is 3.97 Å². The highest BCUT2D eigenvalue weighted by atomic mass is 32.2. The van der Waals surface area contributed by atoms with Gasteiger partial charge in [0.1, 0.15) is 11.6 Å². The molecule has 0 radical (unpaired) electrons. The van der Waals surface area contributed by atoms with Gasteiger partial charge < -0.3 is 9.64 Å². The molecule has 0 spiro atoms. The number of aryl methyl sites for hydroxylation is 1. The summed E-state index contributed by atoms with van der Waals surface area (Å²) in [7, 11) is -4.15. The Bertz CT molecular complexity index is 1240. The van der Waals surface area contributed by atoms with Crippen LogP contribution in [0.15, 0.2) is 59.6 Å². The van der Waals surface area contributed by atoms with E-state index >= 15 is 0 Å². The molecule has 0 N–H and O–H groups in total. The van der Waals surface area contributed by atoms with Gasteiger partial charge in [-0.3, -0.25) is 0 Å². The summed E-state index contributed by atoms with van der Waals surface area (Å²) in [5.74, 6) is -0.394. The van der Waals surface area contributed by atoms with Crippen LogP contribution in [0.5, 0.6) is 0 Å². The molecule has 3 heterocycles. The summed E-state index contributed by atoms with van der Waals surface area (Å²) in [6.45, 7) is 4.50. The van der Waals surface area contributed by atoms with Crippen molar-refractivity contribution in [3.8, 4) is 11.3 Å². The quantitative estimate of drug-likeness (QED) is 0.609. The molecule has 0 bridgehead atoms. The molecular formula is C23H22F2N2O3S. The largest absolute Gasteiger partial charge is 0.381 e. The Morgan fingerprint density at radius 1 is 1.00 bits per heavy atom. The minimum atomic E-state index is -4.15. The number of fused-ring (bicyclic) bond motifs is 1. The van der Waals surface area contributed by atoms with Crippen LogP contribution >= 0.6 is 0 Å². The van der Waals surface area contributed by atoms with Gasteiger partial charge in [-0.05, 0) is 48.9 Å². The third-order valence-corrected chi connectivity index (χ3v) is 7.74. The number of hydrogen-bond donors (Lipinski definition) is 0. The normalized spacial score (nSPS) is 20.9. The van der Waals surface area contributed by atoms with E-state index in [2.05, 4.69) is 0 Å². The maximum atomic E-state index is 14.5. The van der Waals surface area contributed by atoms with Crippen LogP contribution in [0.4, 0.5) is 14.5 Å². The molecule has 1 aromatic heterocycles. The van der Waals surface area contributed by atoms with Crippen LogP contribution in [0.2, 0.25) is 0 Å². The lowest BCUT2D eigenvalue weighted by atomic mass is 10.0. The van der Waals surface area contributed by atoms with E-state index in [1.165, 1.54) is 30.5 Å². The molecule has 162 valence electrons. The predicted octanol–water partition coefficient (Wildman–Crippen LogP) is 4.06. The highest BCUT2D eigenvalue weighted by molar-refractivity contribution is 7.90. The number of nitrogens with zero attached hydrogens (tertiary/aromatic N) is 2. The minimum Gasteiger partial charge on any atom is -0.381 e. The first-order chi connectivity index (χ1) is 14.8. The summed E-state index contributed by atoms with van der Waals surface area (Å²) in [6.07, 6.45) is 1.43. The fourth-order valence-electron chi connectivity index (χ4n) is 4.53. The number of rotatable bonds is 4. The van der Waals surface area contributed by atoms with Crippen LogP contribution in [0.1, 0.15) is 5.56 Å². The van der Waals surface area contributed by atoms with Crippen molar-refractivity contribution in [3.05, 3.63) is 71.9 Å². The zero-order chi connectivity index (χ0) is 21.8. The molecule has 2 fully saturated rings. The summed E-state index contributed by atoms with van der Waals surface area (Å²) in [6, 6.07) is 11.5. The lowest BCUT2D eigenvalue weighted by Gasteiger charge is -2.21. The van der Waals surface area contributed by atoms with Crippen molar-refractivity contribution < 1.29 is 21.9 Å². The van der Waals surface area contributed by atoms with E-state index in [4.69, 9.17) is 4.74 Å². The van der Waals surface area contributed by atoms with E-state index in [-0.39, 0.29) is 16.2 Å². The molecule has 0 saturated carbocycles. The smallest absolute Gasteiger partial charge is 0.268 e. The molecule has 8 heteroatoms. The number of anilines is 1. The molecule has 2 aromatic carbocycles. The van der Waals surface area contributed by atoms with Crippen molar-refractivity contribution in [2.45, 2.75) is 11.8 Å². The molecule has 2 unspecified atom stereocenters. The van der Waals surface area contributed by atoms with Gasteiger partial charge in [-0.25, -0.2) is 21.2 Å². The molecule has 2 aliphatic rings. The average molecular weight is 445 g/mol. The van der Waals surface area contributed by atoms with Crippen LogP contribution in [0.25, 0.3) is 11.3 Å². The molecule has 5 rings (SSSR count). The Hall–Kier alpha value is -2.71. The molecule has 2 saturated heterocycles. The first-order valence-corrected chi connectivity index (χ1v) is 11.6. The lowest BCUT2D eigenvalue weighted by molar-refractivity contribution is 0.177. The van der Waals surface area contributed by atoms with Crippen LogP contribution in [0.3, 0.4) is 0 Å². The SMILES string of the molecule is Cc1cc(-c2ccccc2F)n(S(=O)(=O)c2cc(F)cc(N3CC4COCC4C3)c2)c1. The monoisotopic (exact) mass is 444 g/mol. The lowest BCUT2D eigenvalue weighted by Crippen LogP contribution is -2.23. The fraction of sp³-hybridized carbons (Fsp3) is 0.304. The van der Waals surface area contributed by atoms with Gasteiger partial charge in [0.05, 0.1) is 23.8 Å². The molecular weight excluding hydrogens is 422 g/mol. The molecule has 31 heavy (non-hydrogen) atoms. The Labute approximate surface area is 179 Å². The highest BCUT2D eigenvalue weighted by Crippen LogP contribution is 2.35. The summed E-state index contributed by atoms with van der Waals surface area (Å²) in [5, 5.41) is 0. The Morgan fingerprint density at radius 2 is 1.71 bits per heavy atom. The number of aromatic nitrogens is 1. The van der Waals surface area contributed by atoms with Gasteiger partial charge in [-0.15, -0.1) is 0 Å². The summed E-state index contributed by atoms with van der Waals surface area (Å²) < 4.78 is 62.5. The van der Waals surface area contributed by atoms with Gasteiger partial charge in [-0.2, -0.15) is 0 Å². The third kappa shape index (κ3) is 3.53. The second-order valence-electron chi connectivity index (χ2n) is 8.29. The van der Waals surface area contributed by atoms with Crippen molar-refractivity contribution in [1.29, 1.82) is 0 Å². The summed E-state index contributed by atoms with van der Waals surface area (Å²) in [5.41, 5.74) is 1.56. The molecule has 0 aliphatic carbocycles. The van der Waals surface area contributed by atoms with E-state index in [1.54, 1.807) is 25.1 Å². The zero-order valence-electron chi connectivity index (χ0n) is 17.0.